The van der Waals surface area contributed by atoms with Gasteiger partial charge in [0, 0.05) is 11.8 Å². The Bertz CT molecular complexity index is 302. The Labute approximate surface area is 76.9 Å². The van der Waals surface area contributed by atoms with Gasteiger partial charge in [-0.1, -0.05) is 0 Å². The summed E-state index contributed by atoms with van der Waals surface area (Å²) in [6.45, 7) is 1.54. The van der Waals surface area contributed by atoms with Crippen molar-refractivity contribution in [2.24, 2.45) is 0 Å². The highest BCUT2D eigenvalue weighted by Gasteiger charge is 2.14. The normalized spacial score (nSPS) is 10.8. The molecule has 0 aliphatic heterocycles. The molecule has 1 aromatic heterocycles. The molecular formula is C7H7BrF2N2. The Hall–Kier alpha value is -0.710. The first kappa shape index (κ1) is 9.38. The molecule has 0 amide bonds. The van der Waals surface area contributed by atoms with Gasteiger partial charge in [-0.05, 0) is 28.4 Å². The number of pyridine rings is 1. The lowest BCUT2D eigenvalue weighted by Gasteiger charge is -2.07. The van der Waals surface area contributed by atoms with Gasteiger partial charge in [-0.2, -0.15) is 0 Å². The zero-order valence-electron chi connectivity index (χ0n) is 6.31. The molecule has 0 aliphatic rings. The van der Waals surface area contributed by atoms with Crippen LogP contribution >= 0.6 is 15.9 Å². The van der Waals surface area contributed by atoms with Crippen LogP contribution in [0.4, 0.5) is 14.5 Å². The highest BCUT2D eigenvalue weighted by molar-refractivity contribution is 9.10. The van der Waals surface area contributed by atoms with Crippen molar-refractivity contribution in [3.05, 3.63) is 21.9 Å². The molecule has 0 bridgehead atoms. The van der Waals surface area contributed by atoms with Crippen molar-refractivity contribution in [3.63, 3.8) is 0 Å². The van der Waals surface area contributed by atoms with Crippen LogP contribution < -0.4 is 5.73 Å². The second-order valence-electron chi connectivity index (χ2n) is 2.34. The first-order chi connectivity index (χ1) is 5.54. The molecule has 0 radical (unpaired) electrons. The number of nitrogens with zero attached hydrogens (tertiary/aromatic N) is 1. The molecule has 66 valence electrons. The van der Waals surface area contributed by atoms with Crippen LogP contribution in [0, 0.1) is 6.92 Å². The zero-order valence-corrected chi connectivity index (χ0v) is 7.90. The highest BCUT2D eigenvalue weighted by Crippen LogP contribution is 2.29. The van der Waals surface area contributed by atoms with Gasteiger partial charge >= 0.3 is 0 Å². The smallest absolute Gasteiger partial charge is 0.265 e. The number of anilines is 1. The van der Waals surface area contributed by atoms with E-state index in [1.165, 1.54) is 0 Å². The molecule has 12 heavy (non-hydrogen) atoms. The second-order valence-corrected chi connectivity index (χ2v) is 3.09. The third-order valence-electron chi connectivity index (χ3n) is 1.61. The lowest BCUT2D eigenvalue weighted by Crippen LogP contribution is -1.99. The summed E-state index contributed by atoms with van der Waals surface area (Å²) in [5, 5.41) is 0. The van der Waals surface area contributed by atoms with Crippen molar-refractivity contribution in [2.45, 2.75) is 13.3 Å². The Balaban J connectivity index is 3.27. The third kappa shape index (κ3) is 1.55. The summed E-state index contributed by atoms with van der Waals surface area (Å²) in [5.41, 5.74) is 6.02. The van der Waals surface area contributed by atoms with Gasteiger partial charge in [0.25, 0.3) is 6.43 Å². The van der Waals surface area contributed by atoms with E-state index in [0.717, 1.165) is 6.20 Å². The summed E-state index contributed by atoms with van der Waals surface area (Å²) in [7, 11) is 0. The minimum atomic E-state index is -2.52. The van der Waals surface area contributed by atoms with Gasteiger partial charge in [-0.25, -0.2) is 13.8 Å². The molecule has 1 aromatic rings. The molecule has 0 spiro atoms. The van der Waals surface area contributed by atoms with E-state index in [9.17, 15) is 8.78 Å². The molecule has 0 aromatic carbocycles. The van der Waals surface area contributed by atoms with Crippen LogP contribution in [-0.2, 0) is 0 Å². The quantitative estimate of drug-likeness (QED) is 0.762. The molecule has 2 nitrogen and oxygen atoms in total. The molecule has 0 aliphatic carbocycles. The number of aromatic nitrogens is 1. The van der Waals surface area contributed by atoms with E-state index in [1.54, 1.807) is 6.92 Å². The predicted octanol–water partition coefficient (Wildman–Crippen LogP) is 2.67. The van der Waals surface area contributed by atoms with E-state index in [-0.39, 0.29) is 11.3 Å². The summed E-state index contributed by atoms with van der Waals surface area (Å²) in [6.07, 6.45) is -1.40. The molecule has 1 heterocycles. The van der Waals surface area contributed by atoms with Crippen LogP contribution in [0.2, 0.25) is 0 Å². The standard InChI is InChI=1S/C7H7BrF2N2/c1-3-4(7(9)10)2-12-6(8)5(3)11/h2,7H,11H2,1H3. The van der Waals surface area contributed by atoms with E-state index < -0.39 is 6.43 Å². The first-order valence-electron chi connectivity index (χ1n) is 3.22. The fraction of sp³-hybridized carbons (Fsp3) is 0.286. The number of hydrogen-bond donors (Lipinski definition) is 1. The van der Waals surface area contributed by atoms with Gasteiger partial charge in [0.2, 0.25) is 0 Å². The maximum absolute atomic E-state index is 12.2. The van der Waals surface area contributed by atoms with Crippen molar-refractivity contribution < 1.29 is 8.78 Å². The van der Waals surface area contributed by atoms with E-state index in [0.29, 0.717) is 10.2 Å². The lowest BCUT2D eigenvalue weighted by molar-refractivity contribution is 0.150. The molecular weight excluding hydrogens is 230 g/mol. The van der Waals surface area contributed by atoms with Gasteiger partial charge in [0.1, 0.15) is 4.60 Å². The largest absolute Gasteiger partial charge is 0.396 e. The summed E-state index contributed by atoms with van der Waals surface area (Å²) >= 11 is 3.05. The fourth-order valence-electron chi connectivity index (χ4n) is 0.823. The molecule has 0 fully saturated rings. The van der Waals surface area contributed by atoms with Crippen LogP contribution in [0.5, 0.6) is 0 Å². The van der Waals surface area contributed by atoms with E-state index in [1.807, 2.05) is 0 Å². The number of alkyl halides is 2. The topological polar surface area (TPSA) is 38.9 Å². The number of nitrogens with two attached hydrogens (primary N) is 1. The first-order valence-corrected chi connectivity index (χ1v) is 4.02. The van der Waals surface area contributed by atoms with Gasteiger partial charge in [-0.3, -0.25) is 0 Å². The van der Waals surface area contributed by atoms with E-state index in [2.05, 4.69) is 20.9 Å². The van der Waals surface area contributed by atoms with Crippen LogP contribution in [0.15, 0.2) is 10.8 Å². The lowest BCUT2D eigenvalue weighted by atomic mass is 10.1. The summed E-state index contributed by atoms with van der Waals surface area (Å²) in [5.74, 6) is 0. The third-order valence-corrected chi connectivity index (χ3v) is 2.24. The Kier molecular flexibility index (Phi) is 2.62. The molecule has 2 N–H and O–H groups in total. The predicted molar refractivity (Wildman–Crippen MR) is 46.0 cm³/mol. The maximum Gasteiger partial charge on any atom is 0.265 e. The number of rotatable bonds is 1. The van der Waals surface area contributed by atoms with Gasteiger partial charge in [0.05, 0.1) is 5.69 Å². The molecule has 0 atom stereocenters. The minimum Gasteiger partial charge on any atom is -0.396 e. The molecule has 0 saturated carbocycles. The average molecular weight is 237 g/mol. The molecule has 1 rings (SSSR count). The molecule has 5 heteroatoms. The average Bonchev–Trinajstić information content (AvgIpc) is 2.00. The van der Waals surface area contributed by atoms with Crippen LogP contribution in [0.1, 0.15) is 17.6 Å². The minimum absolute atomic E-state index is 0.115. The Morgan fingerprint density at radius 2 is 2.17 bits per heavy atom. The number of halogens is 3. The Morgan fingerprint density at radius 1 is 1.58 bits per heavy atom. The molecule has 0 unspecified atom stereocenters. The summed E-state index contributed by atoms with van der Waals surface area (Å²) in [4.78, 5) is 3.67. The summed E-state index contributed by atoms with van der Waals surface area (Å²) in [6, 6.07) is 0. The van der Waals surface area contributed by atoms with E-state index >= 15 is 0 Å². The SMILES string of the molecule is Cc1c(C(F)F)cnc(Br)c1N. The van der Waals surface area contributed by atoms with Gasteiger partial charge < -0.3 is 5.73 Å². The highest BCUT2D eigenvalue weighted by atomic mass is 79.9. The van der Waals surface area contributed by atoms with Gasteiger partial charge in [-0.15, -0.1) is 0 Å². The second kappa shape index (κ2) is 3.35. The van der Waals surface area contributed by atoms with Crippen molar-refractivity contribution in [1.82, 2.24) is 4.98 Å². The van der Waals surface area contributed by atoms with Gasteiger partial charge in [0.15, 0.2) is 0 Å². The van der Waals surface area contributed by atoms with Crippen molar-refractivity contribution in [3.8, 4) is 0 Å². The zero-order chi connectivity index (χ0) is 9.30. The van der Waals surface area contributed by atoms with Crippen molar-refractivity contribution >= 4 is 21.6 Å². The van der Waals surface area contributed by atoms with E-state index in [4.69, 9.17) is 5.73 Å². The number of hydrogen-bond acceptors (Lipinski definition) is 2. The summed E-state index contributed by atoms with van der Waals surface area (Å²) < 4.78 is 24.9. The van der Waals surface area contributed by atoms with Crippen LogP contribution in [-0.4, -0.2) is 4.98 Å². The van der Waals surface area contributed by atoms with Crippen molar-refractivity contribution in [1.29, 1.82) is 0 Å². The van der Waals surface area contributed by atoms with Crippen molar-refractivity contribution in [2.75, 3.05) is 5.73 Å². The number of nitrogen functional groups attached to an aromatic ring is 1. The monoisotopic (exact) mass is 236 g/mol. The fourth-order valence-corrected chi connectivity index (χ4v) is 1.22. The van der Waals surface area contributed by atoms with Crippen LogP contribution in [0.25, 0.3) is 0 Å². The van der Waals surface area contributed by atoms with Crippen LogP contribution in [0.3, 0.4) is 0 Å². The molecule has 0 saturated heterocycles. The maximum atomic E-state index is 12.2. The Morgan fingerprint density at radius 3 is 2.67 bits per heavy atom.